The number of amides is 1. The Morgan fingerprint density at radius 1 is 1.32 bits per heavy atom. The topological polar surface area (TPSA) is 67.2 Å². The van der Waals surface area contributed by atoms with E-state index < -0.39 is 0 Å². The van der Waals surface area contributed by atoms with Gasteiger partial charge in [-0.15, -0.1) is 0 Å². The fraction of sp³-hybridized carbons (Fsp3) is 0.412. The van der Waals surface area contributed by atoms with Crippen LogP contribution < -0.4 is 5.32 Å². The van der Waals surface area contributed by atoms with E-state index in [1.807, 2.05) is 45.0 Å². The summed E-state index contributed by atoms with van der Waals surface area (Å²) in [4.78, 5) is 12.1. The Bertz CT molecular complexity index is 632. The average molecular weight is 301 g/mol. The largest absolute Gasteiger partial charge is 0.393 e. The summed E-state index contributed by atoms with van der Waals surface area (Å²) in [6.07, 6.45) is 0.879. The molecule has 1 unspecified atom stereocenters. The molecule has 0 aliphatic rings. The van der Waals surface area contributed by atoms with E-state index in [-0.39, 0.29) is 12.0 Å². The van der Waals surface area contributed by atoms with Crippen LogP contribution in [0.1, 0.15) is 41.5 Å². The number of hydrogen-bond donors (Lipinski definition) is 2. The number of aromatic nitrogens is 2. The molecule has 0 spiro atoms. The highest BCUT2D eigenvalue weighted by molar-refractivity contribution is 5.92. The first-order valence-electron chi connectivity index (χ1n) is 7.61. The van der Waals surface area contributed by atoms with Crippen LogP contribution in [0, 0.1) is 13.8 Å². The fourth-order valence-corrected chi connectivity index (χ4v) is 2.18. The number of nitrogens with zero attached hydrogens (tertiary/aromatic N) is 2. The first-order valence-corrected chi connectivity index (χ1v) is 7.61. The number of nitrogens with one attached hydrogen (secondary N) is 1. The van der Waals surface area contributed by atoms with Gasteiger partial charge in [-0.1, -0.05) is 24.6 Å². The second kappa shape index (κ2) is 7.22. The second-order valence-corrected chi connectivity index (χ2v) is 5.52. The van der Waals surface area contributed by atoms with Gasteiger partial charge in [0.1, 0.15) is 0 Å². The second-order valence-electron chi connectivity index (χ2n) is 5.52. The van der Waals surface area contributed by atoms with Gasteiger partial charge in [-0.25, -0.2) is 4.68 Å². The molecule has 118 valence electrons. The van der Waals surface area contributed by atoms with Crippen molar-refractivity contribution in [1.29, 1.82) is 0 Å². The van der Waals surface area contributed by atoms with Crippen LogP contribution >= 0.6 is 0 Å². The molecule has 0 aliphatic carbocycles. The van der Waals surface area contributed by atoms with Crippen LogP contribution in [0.5, 0.6) is 0 Å². The quantitative estimate of drug-likeness (QED) is 0.861. The van der Waals surface area contributed by atoms with Crippen molar-refractivity contribution < 1.29 is 9.90 Å². The highest BCUT2D eigenvalue weighted by Crippen LogP contribution is 2.13. The van der Waals surface area contributed by atoms with Gasteiger partial charge >= 0.3 is 0 Å². The molecule has 0 saturated heterocycles. The molecule has 0 bridgehead atoms. The van der Waals surface area contributed by atoms with Crippen LogP contribution in [0.2, 0.25) is 0 Å². The number of aliphatic hydroxyl groups is 1. The van der Waals surface area contributed by atoms with Crippen molar-refractivity contribution in [1.82, 2.24) is 15.1 Å². The van der Waals surface area contributed by atoms with Crippen LogP contribution in [0.4, 0.5) is 0 Å². The van der Waals surface area contributed by atoms with Gasteiger partial charge < -0.3 is 10.4 Å². The Hall–Kier alpha value is -2.14. The highest BCUT2D eigenvalue weighted by Gasteiger charge is 2.13. The van der Waals surface area contributed by atoms with Crippen molar-refractivity contribution in [3.8, 4) is 5.69 Å². The molecule has 5 heteroatoms. The number of carbonyl (C=O) groups excluding carboxylic acids is 1. The monoisotopic (exact) mass is 301 g/mol. The number of rotatable bonds is 6. The number of aryl methyl sites for hydroxylation is 2. The molecule has 1 amide bonds. The highest BCUT2D eigenvalue weighted by atomic mass is 16.3. The maximum Gasteiger partial charge on any atom is 0.271 e. The van der Waals surface area contributed by atoms with Crippen LogP contribution in [0.25, 0.3) is 5.69 Å². The Kier molecular flexibility index (Phi) is 5.33. The molecule has 22 heavy (non-hydrogen) atoms. The summed E-state index contributed by atoms with van der Waals surface area (Å²) in [7, 11) is 0. The summed E-state index contributed by atoms with van der Waals surface area (Å²) >= 11 is 0. The number of aliphatic hydroxyl groups excluding tert-OH is 1. The summed E-state index contributed by atoms with van der Waals surface area (Å²) in [6, 6.07) is 9.76. The Morgan fingerprint density at radius 2 is 2.00 bits per heavy atom. The molecule has 0 fully saturated rings. The van der Waals surface area contributed by atoms with Gasteiger partial charge in [-0.3, -0.25) is 4.79 Å². The molecule has 2 aromatic rings. The third kappa shape index (κ3) is 3.95. The summed E-state index contributed by atoms with van der Waals surface area (Å²) in [5.41, 5.74) is 3.41. The van der Waals surface area contributed by atoms with Crippen molar-refractivity contribution in [3.63, 3.8) is 0 Å². The normalized spacial score (nSPS) is 12.2. The smallest absolute Gasteiger partial charge is 0.271 e. The van der Waals surface area contributed by atoms with E-state index in [1.54, 1.807) is 10.7 Å². The van der Waals surface area contributed by atoms with E-state index in [9.17, 15) is 9.90 Å². The number of hydrogen-bond acceptors (Lipinski definition) is 3. The lowest BCUT2D eigenvalue weighted by atomic mass is 10.2. The van der Waals surface area contributed by atoms with E-state index in [1.165, 1.54) is 5.56 Å². The summed E-state index contributed by atoms with van der Waals surface area (Å²) in [6.45, 7) is 6.32. The zero-order valence-corrected chi connectivity index (χ0v) is 13.3. The van der Waals surface area contributed by atoms with Crippen molar-refractivity contribution in [3.05, 3.63) is 47.3 Å². The zero-order chi connectivity index (χ0) is 16.1. The van der Waals surface area contributed by atoms with Crippen LogP contribution in [0.3, 0.4) is 0 Å². The summed E-state index contributed by atoms with van der Waals surface area (Å²) in [5, 5.41) is 16.6. The molecule has 2 N–H and O–H groups in total. The number of carbonyl (C=O) groups is 1. The van der Waals surface area contributed by atoms with E-state index in [2.05, 4.69) is 10.4 Å². The van der Waals surface area contributed by atoms with Crippen molar-refractivity contribution in [2.24, 2.45) is 0 Å². The van der Waals surface area contributed by atoms with Gasteiger partial charge in [0, 0.05) is 12.2 Å². The molecule has 1 aromatic carbocycles. The first-order chi connectivity index (χ1) is 10.5. The molecule has 1 atom stereocenters. The standard InChI is InChI=1S/C17H23N3O2/c1-4-15(21)9-10-18-17(22)16-11-13(3)20(19-16)14-7-5-12(2)6-8-14/h5-8,11,15,21H,4,9-10H2,1-3H3,(H,18,22). The molecule has 0 saturated carbocycles. The molecular formula is C17H23N3O2. The molecule has 1 aromatic heterocycles. The minimum atomic E-state index is -0.368. The third-order valence-corrected chi connectivity index (χ3v) is 3.63. The minimum Gasteiger partial charge on any atom is -0.393 e. The molecule has 5 nitrogen and oxygen atoms in total. The predicted molar refractivity (Wildman–Crippen MR) is 86.3 cm³/mol. The van der Waals surface area contributed by atoms with Gasteiger partial charge in [0.25, 0.3) is 5.91 Å². The van der Waals surface area contributed by atoms with Gasteiger partial charge in [-0.2, -0.15) is 5.10 Å². The molecule has 2 rings (SSSR count). The Balaban J connectivity index is 2.05. The lowest BCUT2D eigenvalue weighted by molar-refractivity contribution is 0.0936. The zero-order valence-electron chi connectivity index (χ0n) is 13.3. The minimum absolute atomic E-state index is 0.211. The van der Waals surface area contributed by atoms with Crippen molar-refractivity contribution in [2.75, 3.05) is 6.54 Å². The molecular weight excluding hydrogens is 278 g/mol. The average Bonchev–Trinajstić information content (AvgIpc) is 2.90. The predicted octanol–water partition coefficient (Wildman–Crippen LogP) is 2.38. The van der Waals surface area contributed by atoms with E-state index >= 15 is 0 Å². The molecule has 0 aliphatic heterocycles. The van der Waals surface area contributed by atoms with Gasteiger partial charge in [0.05, 0.1) is 11.8 Å². The van der Waals surface area contributed by atoms with Crippen LogP contribution in [-0.2, 0) is 0 Å². The summed E-state index contributed by atoms with van der Waals surface area (Å²) in [5.74, 6) is -0.211. The van der Waals surface area contributed by atoms with E-state index in [0.29, 0.717) is 25.1 Å². The number of benzene rings is 1. The third-order valence-electron chi connectivity index (χ3n) is 3.63. The van der Waals surface area contributed by atoms with Gasteiger partial charge in [-0.05, 0) is 44.9 Å². The van der Waals surface area contributed by atoms with Crippen molar-refractivity contribution in [2.45, 2.75) is 39.7 Å². The van der Waals surface area contributed by atoms with Gasteiger partial charge in [0.2, 0.25) is 0 Å². The summed E-state index contributed by atoms with van der Waals surface area (Å²) < 4.78 is 1.76. The van der Waals surface area contributed by atoms with E-state index in [0.717, 1.165) is 11.4 Å². The van der Waals surface area contributed by atoms with Gasteiger partial charge in [0.15, 0.2) is 5.69 Å². The maximum absolute atomic E-state index is 12.1. The fourth-order valence-electron chi connectivity index (χ4n) is 2.18. The SMILES string of the molecule is CCC(O)CCNC(=O)c1cc(C)n(-c2ccc(C)cc2)n1. The Morgan fingerprint density at radius 3 is 2.64 bits per heavy atom. The lowest BCUT2D eigenvalue weighted by Crippen LogP contribution is -2.27. The lowest BCUT2D eigenvalue weighted by Gasteiger charge is -2.07. The molecule has 0 radical (unpaired) electrons. The van der Waals surface area contributed by atoms with Crippen LogP contribution in [0.15, 0.2) is 30.3 Å². The van der Waals surface area contributed by atoms with Crippen molar-refractivity contribution >= 4 is 5.91 Å². The molecule has 1 heterocycles. The van der Waals surface area contributed by atoms with Crippen LogP contribution in [-0.4, -0.2) is 33.4 Å². The Labute approximate surface area is 131 Å². The first kappa shape index (κ1) is 16.2. The van der Waals surface area contributed by atoms with E-state index in [4.69, 9.17) is 0 Å². The maximum atomic E-state index is 12.1.